The minimum atomic E-state index is 0.427. The van der Waals surface area contributed by atoms with Crippen LogP contribution in [-0.4, -0.2) is 6.04 Å². The summed E-state index contributed by atoms with van der Waals surface area (Å²) in [7, 11) is 0. The summed E-state index contributed by atoms with van der Waals surface area (Å²) in [5.41, 5.74) is 2.07. The zero-order valence-corrected chi connectivity index (χ0v) is 14.4. The van der Waals surface area contributed by atoms with Crippen molar-refractivity contribution in [2.75, 3.05) is 0 Å². The Morgan fingerprint density at radius 2 is 1.86 bits per heavy atom. The molecule has 0 saturated heterocycles. The van der Waals surface area contributed by atoms with Crippen LogP contribution in [0.3, 0.4) is 0 Å². The van der Waals surface area contributed by atoms with Crippen LogP contribution in [-0.2, 0) is 13.2 Å². The molecule has 0 bridgehead atoms. The van der Waals surface area contributed by atoms with Crippen LogP contribution in [0.1, 0.15) is 31.4 Å². The zero-order chi connectivity index (χ0) is 15.9. The molecule has 1 unspecified atom stereocenters. The van der Waals surface area contributed by atoms with Crippen LogP contribution in [0.2, 0.25) is 10.0 Å². The van der Waals surface area contributed by atoms with Crippen molar-refractivity contribution in [3.05, 3.63) is 63.6 Å². The van der Waals surface area contributed by atoms with E-state index >= 15 is 0 Å². The first-order valence-electron chi connectivity index (χ1n) is 7.48. The molecule has 0 saturated carbocycles. The molecule has 22 heavy (non-hydrogen) atoms. The molecule has 2 nitrogen and oxygen atoms in total. The van der Waals surface area contributed by atoms with Crippen LogP contribution < -0.4 is 10.1 Å². The first-order chi connectivity index (χ1) is 10.6. The molecule has 0 radical (unpaired) electrons. The van der Waals surface area contributed by atoms with Crippen molar-refractivity contribution < 1.29 is 4.74 Å². The molecule has 0 fully saturated rings. The lowest BCUT2D eigenvalue weighted by atomic mass is 10.1. The molecule has 1 N–H and O–H groups in total. The highest BCUT2D eigenvalue weighted by Gasteiger charge is 2.07. The Morgan fingerprint density at radius 3 is 2.59 bits per heavy atom. The Hall–Kier alpha value is -1.22. The Morgan fingerprint density at radius 1 is 1.09 bits per heavy atom. The minimum Gasteiger partial charge on any atom is -0.489 e. The fourth-order valence-corrected chi connectivity index (χ4v) is 2.48. The maximum absolute atomic E-state index is 6.18. The van der Waals surface area contributed by atoms with Crippen molar-refractivity contribution in [3.8, 4) is 5.75 Å². The van der Waals surface area contributed by atoms with Gasteiger partial charge >= 0.3 is 0 Å². The lowest BCUT2D eigenvalue weighted by Crippen LogP contribution is -2.24. The number of nitrogens with one attached hydrogen (secondary N) is 1. The van der Waals surface area contributed by atoms with E-state index in [2.05, 4.69) is 25.2 Å². The van der Waals surface area contributed by atoms with E-state index in [4.69, 9.17) is 27.9 Å². The van der Waals surface area contributed by atoms with Crippen LogP contribution >= 0.6 is 23.2 Å². The predicted molar refractivity (Wildman–Crippen MR) is 93.8 cm³/mol. The van der Waals surface area contributed by atoms with Gasteiger partial charge in [-0.2, -0.15) is 0 Å². The SMILES string of the molecule is CCC(C)NCc1ccccc1OCc1ccc(Cl)cc1Cl. The second-order valence-corrected chi connectivity index (χ2v) is 6.17. The molecule has 4 heteroatoms. The molecule has 1 atom stereocenters. The summed E-state index contributed by atoms with van der Waals surface area (Å²) in [5, 5.41) is 4.74. The number of ether oxygens (including phenoxy) is 1. The van der Waals surface area contributed by atoms with Gasteiger partial charge in [0.2, 0.25) is 0 Å². The van der Waals surface area contributed by atoms with Crippen molar-refractivity contribution in [1.82, 2.24) is 5.32 Å². The Kier molecular flexibility index (Phi) is 6.56. The van der Waals surface area contributed by atoms with Crippen molar-refractivity contribution in [2.24, 2.45) is 0 Å². The summed E-state index contributed by atoms with van der Waals surface area (Å²) in [5.74, 6) is 0.879. The molecule has 0 aliphatic carbocycles. The largest absolute Gasteiger partial charge is 0.489 e. The van der Waals surface area contributed by atoms with Crippen LogP contribution in [0, 0.1) is 0 Å². The lowest BCUT2D eigenvalue weighted by Gasteiger charge is -2.15. The standard InChI is InChI=1S/C18H21Cl2NO/c1-3-13(2)21-11-14-6-4-5-7-18(14)22-12-15-8-9-16(19)10-17(15)20/h4-10,13,21H,3,11-12H2,1-2H3. The maximum atomic E-state index is 6.18. The molecule has 2 aromatic rings. The molecule has 0 amide bonds. The fraction of sp³-hybridized carbons (Fsp3) is 0.333. The van der Waals surface area contributed by atoms with Gasteiger partial charge in [-0.25, -0.2) is 0 Å². The molecule has 0 heterocycles. The van der Waals surface area contributed by atoms with Gasteiger partial charge in [0.1, 0.15) is 12.4 Å². The molecular weight excluding hydrogens is 317 g/mol. The molecule has 0 aliphatic rings. The highest BCUT2D eigenvalue weighted by atomic mass is 35.5. The van der Waals surface area contributed by atoms with Gasteiger partial charge in [-0.1, -0.05) is 54.4 Å². The number of halogens is 2. The van der Waals surface area contributed by atoms with E-state index in [0.29, 0.717) is 22.7 Å². The molecule has 0 spiro atoms. The second kappa shape index (κ2) is 8.42. The van der Waals surface area contributed by atoms with Crippen LogP contribution in [0.25, 0.3) is 0 Å². The normalized spacial score (nSPS) is 12.2. The quantitative estimate of drug-likeness (QED) is 0.724. The average molecular weight is 338 g/mol. The van der Waals surface area contributed by atoms with Crippen molar-refractivity contribution in [2.45, 2.75) is 39.5 Å². The van der Waals surface area contributed by atoms with Crippen molar-refractivity contribution in [3.63, 3.8) is 0 Å². The number of benzene rings is 2. The molecule has 0 aliphatic heterocycles. The Bertz CT molecular complexity index is 616. The summed E-state index contributed by atoms with van der Waals surface area (Å²) in [6.07, 6.45) is 1.10. The Balaban J connectivity index is 2.03. The van der Waals surface area contributed by atoms with Crippen LogP contribution in [0.5, 0.6) is 5.75 Å². The van der Waals surface area contributed by atoms with E-state index in [0.717, 1.165) is 29.8 Å². The van der Waals surface area contributed by atoms with Crippen LogP contribution in [0.15, 0.2) is 42.5 Å². The van der Waals surface area contributed by atoms with Gasteiger partial charge in [-0.05, 0) is 31.5 Å². The third-order valence-electron chi connectivity index (χ3n) is 3.62. The number of rotatable bonds is 7. The minimum absolute atomic E-state index is 0.427. The average Bonchev–Trinajstić information content (AvgIpc) is 2.52. The molecule has 118 valence electrons. The fourth-order valence-electron chi connectivity index (χ4n) is 2.01. The molecule has 2 rings (SSSR count). The van der Waals surface area contributed by atoms with Crippen LogP contribution in [0.4, 0.5) is 0 Å². The van der Waals surface area contributed by atoms with E-state index in [1.54, 1.807) is 6.07 Å². The van der Waals surface area contributed by atoms with Gasteiger partial charge in [0.25, 0.3) is 0 Å². The van der Waals surface area contributed by atoms with Gasteiger partial charge in [0.15, 0.2) is 0 Å². The van der Waals surface area contributed by atoms with Gasteiger partial charge in [0.05, 0.1) is 0 Å². The monoisotopic (exact) mass is 337 g/mol. The zero-order valence-electron chi connectivity index (χ0n) is 12.9. The molecular formula is C18H21Cl2NO. The summed E-state index contributed by atoms with van der Waals surface area (Å²) in [4.78, 5) is 0. The van der Waals surface area contributed by atoms with E-state index in [-0.39, 0.29) is 0 Å². The van der Waals surface area contributed by atoms with Gasteiger partial charge in [-0.3, -0.25) is 0 Å². The second-order valence-electron chi connectivity index (χ2n) is 5.32. The summed E-state index contributed by atoms with van der Waals surface area (Å²) in [6.45, 7) is 5.56. The summed E-state index contributed by atoms with van der Waals surface area (Å²) in [6, 6.07) is 14.0. The van der Waals surface area contributed by atoms with E-state index in [9.17, 15) is 0 Å². The van der Waals surface area contributed by atoms with E-state index < -0.39 is 0 Å². The third kappa shape index (κ3) is 4.91. The predicted octanol–water partition coefficient (Wildman–Crippen LogP) is 5.46. The topological polar surface area (TPSA) is 21.3 Å². The first-order valence-corrected chi connectivity index (χ1v) is 8.23. The number of hydrogen-bond donors (Lipinski definition) is 1. The molecule has 0 aromatic heterocycles. The summed E-state index contributed by atoms with van der Waals surface area (Å²) >= 11 is 12.1. The first kappa shape index (κ1) is 17.1. The van der Waals surface area contributed by atoms with Gasteiger partial charge in [0, 0.05) is 33.8 Å². The highest BCUT2D eigenvalue weighted by molar-refractivity contribution is 6.35. The van der Waals surface area contributed by atoms with Crippen molar-refractivity contribution >= 4 is 23.2 Å². The maximum Gasteiger partial charge on any atom is 0.124 e. The summed E-state index contributed by atoms with van der Waals surface area (Å²) < 4.78 is 5.94. The van der Waals surface area contributed by atoms with E-state index in [1.165, 1.54) is 0 Å². The van der Waals surface area contributed by atoms with E-state index in [1.807, 2.05) is 30.3 Å². The lowest BCUT2D eigenvalue weighted by molar-refractivity contribution is 0.301. The van der Waals surface area contributed by atoms with Gasteiger partial charge < -0.3 is 10.1 Å². The van der Waals surface area contributed by atoms with Gasteiger partial charge in [-0.15, -0.1) is 0 Å². The Labute approximate surface area is 142 Å². The van der Waals surface area contributed by atoms with Crippen molar-refractivity contribution in [1.29, 1.82) is 0 Å². The third-order valence-corrected chi connectivity index (χ3v) is 4.21. The highest BCUT2D eigenvalue weighted by Crippen LogP contribution is 2.24. The number of para-hydroxylation sites is 1. The smallest absolute Gasteiger partial charge is 0.124 e. The molecule has 2 aromatic carbocycles. The number of hydrogen-bond acceptors (Lipinski definition) is 2.